The normalized spacial score (nSPS) is 11.0. The number of nitrogens with one attached hydrogen (secondary N) is 2. The van der Waals surface area contributed by atoms with Gasteiger partial charge >= 0.3 is 0 Å². The predicted octanol–water partition coefficient (Wildman–Crippen LogP) is 4.43. The van der Waals surface area contributed by atoms with Crippen LogP contribution in [0.25, 0.3) is 0 Å². The zero-order valence-corrected chi connectivity index (χ0v) is 20.0. The van der Waals surface area contributed by atoms with E-state index in [4.69, 9.17) is 9.47 Å². The van der Waals surface area contributed by atoms with Crippen molar-refractivity contribution in [3.63, 3.8) is 0 Å². The Morgan fingerprint density at radius 2 is 1.00 bits per heavy atom. The maximum Gasteiger partial charge on any atom is 0.240 e. The molecule has 0 unspecified atom stereocenters. The molecule has 2 amide bonds. The van der Waals surface area contributed by atoms with Gasteiger partial charge in [0, 0.05) is 12.8 Å². The van der Waals surface area contributed by atoms with Crippen molar-refractivity contribution >= 4 is 24.2 Å². The molecule has 0 saturated heterocycles. The molecule has 8 nitrogen and oxygen atoms in total. The lowest BCUT2D eigenvalue weighted by Gasteiger charge is -2.03. The average molecular weight is 467 g/mol. The second-order valence-electron chi connectivity index (χ2n) is 7.75. The van der Waals surface area contributed by atoms with Crippen LogP contribution in [0.3, 0.4) is 0 Å². The van der Waals surface area contributed by atoms with E-state index in [2.05, 4.69) is 21.1 Å². The number of methoxy groups -OCH3 is 2. The molecule has 0 aliphatic carbocycles. The minimum absolute atomic E-state index is 0.0865. The second-order valence-corrected chi connectivity index (χ2v) is 7.75. The Labute approximate surface area is 201 Å². The van der Waals surface area contributed by atoms with Crippen LogP contribution in [0.4, 0.5) is 0 Å². The summed E-state index contributed by atoms with van der Waals surface area (Å²) in [4.78, 5) is 23.7. The van der Waals surface area contributed by atoms with Crippen molar-refractivity contribution in [3.05, 3.63) is 59.7 Å². The number of benzene rings is 2. The summed E-state index contributed by atoms with van der Waals surface area (Å²) in [5.74, 6) is 1.38. The summed E-state index contributed by atoms with van der Waals surface area (Å²) in [5, 5.41) is 7.96. The molecule has 0 aromatic heterocycles. The van der Waals surface area contributed by atoms with Gasteiger partial charge in [-0.15, -0.1) is 0 Å². The lowest BCUT2D eigenvalue weighted by Crippen LogP contribution is -2.17. The topological polar surface area (TPSA) is 101 Å². The molecule has 2 rings (SSSR count). The number of hydrogen-bond acceptors (Lipinski definition) is 6. The molecule has 182 valence electrons. The minimum Gasteiger partial charge on any atom is -0.497 e. The van der Waals surface area contributed by atoms with Crippen LogP contribution in [0.5, 0.6) is 11.5 Å². The molecule has 2 aromatic carbocycles. The molecule has 0 fully saturated rings. The number of hydrogen-bond donors (Lipinski definition) is 2. The van der Waals surface area contributed by atoms with Crippen molar-refractivity contribution in [2.45, 2.75) is 51.4 Å². The minimum atomic E-state index is -0.0865. The molecule has 2 N–H and O–H groups in total. The predicted molar refractivity (Wildman–Crippen MR) is 134 cm³/mol. The number of hydrazone groups is 2. The Morgan fingerprint density at radius 1 is 0.647 bits per heavy atom. The van der Waals surface area contributed by atoms with Crippen LogP contribution in [0.15, 0.2) is 58.7 Å². The Morgan fingerprint density at radius 3 is 1.35 bits per heavy atom. The molecular weight excluding hydrogens is 432 g/mol. The summed E-state index contributed by atoms with van der Waals surface area (Å²) in [7, 11) is 3.23. The van der Waals surface area contributed by atoms with E-state index in [0.29, 0.717) is 12.8 Å². The monoisotopic (exact) mass is 466 g/mol. The highest BCUT2D eigenvalue weighted by atomic mass is 16.5. The zero-order chi connectivity index (χ0) is 24.4. The summed E-state index contributed by atoms with van der Waals surface area (Å²) >= 11 is 0. The summed E-state index contributed by atoms with van der Waals surface area (Å²) < 4.78 is 10.2. The molecule has 0 spiro atoms. The largest absolute Gasteiger partial charge is 0.497 e. The summed E-state index contributed by atoms with van der Waals surface area (Å²) in [5.41, 5.74) is 6.88. The lowest BCUT2D eigenvalue weighted by atomic mass is 10.1. The molecule has 8 heteroatoms. The highest BCUT2D eigenvalue weighted by molar-refractivity contribution is 5.83. The SMILES string of the molecule is COc1ccc(C=NNC(=O)CCCCCCCCC(=O)N/N=C\c2ccc(OC)cc2)cc1. The highest BCUT2D eigenvalue weighted by Crippen LogP contribution is 2.11. The van der Waals surface area contributed by atoms with Crippen molar-refractivity contribution in [2.75, 3.05) is 14.2 Å². The first-order valence-electron chi connectivity index (χ1n) is 11.5. The molecule has 0 aliphatic rings. The molecule has 34 heavy (non-hydrogen) atoms. The van der Waals surface area contributed by atoms with Crippen LogP contribution in [0.2, 0.25) is 0 Å². The van der Waals surface area contributed by atoms with E-state index in [0.717, 1.165) is 61.2 Å². The van der Waals surface area contributed by atoms with Gasteiger partial charge < -0.3 is 9.47 Å². The van der Waals surface area contributed by atoms with Gasteiger partial charge in [0.1, 0.15) is 11.5 Å². The molecule has 0 heterocycles. The summed E-state index contributed by atoms with van der Waals surface area (Å²) in [6, 6.07) is 14.8. The van der Waals surface area contributed by atoms with Crippen LogP contribution >= 0.6 is 0 Å². The van der Waals surface area contributed by atoms with Crippen molar-refractivity contribution in [1.29, 1.82) is 0 Å². The van der Waals surface area contributed by atoms with Gasteiger partial charge in [-0.1, -0.05) is 25.7 Å². The number of amides is 2. The third kappa shape index (κ3) is 11.3. The first kappa shape index (κ1) is 26.6. The first-order chi connectivity index (χ1) is 16.6. The van der Waals surface area contributed by atoms with Crippen molar-refractivity contribution in [3.8, 4) is 11.5 Å². The van der Waals surface area contributed by atoms with E-state index in [1.807, 2.05) is 48.5 Å². The lowest BCUT2D eigenvalue weighted by molar-refractivity contribution is -0.122. The van der Waals surface area contributed by atoms with Gasteiger partial charge in [-0.05, 0) is 72.5 Å². The maximum atomic E-state index is 11.8. The standard InChI is InChI=1S/C26H34N4O4/c1-33-23-15-11-21(12-16-23)19-27-29-25(31)9-7-5-3-4-6-8-10-26(32)30-28-20-22-13-17-24(34-2)18-14-22/h11-20H,3-10H2,1-2H3,(H,29,31)(H,30,32)/b27-19-,28-20?. The van der Waals surface area contributed by atoms with E-state index < -0.39 is 0 Å². The number of ether oxygens (including phenoxy) is 2. The van der Waals surface area contributed by atoms with Gasteiger partial charge in [0.15, 0.2) is 0 Å². The highest BCUT2D eigenvalue weighted by Gasteiger charge is 2.01. The number of unbranched alkanes of at least 4 members (excludes halogenated alkanes) is 5. The van der Waals surface area contributed by atoms with E-state index in [9.17, 15) is 9.59 Å². The molecule has 0 bridgehead atoms. The van der Waals surface area contributed by atoms with Crippen molar-refractivity contribution in [2.24, 2.45) is 10.2 Å². The van der Waals surface area contributed by atoms with Gasteiger partial charge in [-0.3, -0.25) is 9.59 Å². The van der Waals surface area contributed by atoms with Gasteiger partial charge in [-0.25, -0.2) is 10.9 Å². The Hall–Kier alpha value is -3.68. The first-order valence-corrected chi connectivity index (χ1v) is 11.5. The Bertz CT molecular complexity index is 847. The van der Waals surface area contributed by atoms with Gasteiger partial charge in [0.05, 0.1) is 26.6 Å². The van der Waals surface area contributed by atoms with Crippen LogP contribution in [-0.4, -0.2) is 38.5 Å². The fourth-order valence-electron chi connectivity index (χ4n) is 3.13. The molecule has 0 atom stereocenters. The van der Waals surface area contributed by atoms with E-state index >= 15 is 0 Å². The summed E-state index contributed by atoms with van der Waals surface area (Å²) in [6.45, 7) is 0. The molecule has 0 radical (unpaired) electrons. The molecule has 0 aliphatic heterocycles. The van der Waals surface area contributed by atoms with E-state index in [-0.39, 0.29) is 11.8 Å². The zero-order valence-electron chi connectivity index (χ0n) is 20.0. The fraction of sp³-hybridized carbons (Fsp3) is 0.385. The van der Waals surface area contributed by atoms with E-state index in [1.165, 1.54) is 0 Å². The van der Waals surface area contributed by atoms with Crippen molar-refractivity contribution in [1.82, 2.24) is 10.9 Å². The number of nitrogens with zero attached hydrogens (tertiary/aromatic N) is 2. The van der Waals surface area contributed by atoms with Gasteiger partial charge in [-0.2, -0.15) is 10.2 Å². The smallest absolute Gasteiger partial charge is 0.240 e. The Balaban J connectivity index is 1.44. The average Bonchev–Trinajstić information content (AvgIpc) is 2.86. The summed E-state index contributed by atoms with van der Waals surface area (Å²) in [6.07, 6.45) is 9.81. The maximum absolute atomic E-state index is 11.8. The Kier molecular flexibility index (Phi) is 12.5. The van der Waals surface area contributed by atoms with Crippen LogP contribution < -0.4 is 20.3 Å². The second kappa shape index (κ2) is 16.0. The van der Waals surface area contributed by atoms with Crippen LogP contribution in [-0.2, 0) is 9.59 Å². The third-order valence-corrected chi connectivity index (χ3v) is 5.10. The van der Waals surface area contributed by atoms with Crippen molar-refractivity contribution < 1.29 is 19.1 Å². The van der Waals surface area contributed by atoms with Crippen LogP contribution in [0, 0.1) is 0 Å². The fourth-order valence-corrected chi connectivity index (χ4v) is 3.13. The number of carbonyl (C=O) groups is 2. The van der Waals surface area contributed by atoms with Crippen LogP contribution in [0.1, 0.15) is 62.5 Å². The quantitative estimate of drug-likeness (QED) is 0.230. The molecule has 2 aromatic rings. The van der Waals surface area contributed by atoms with Gasteiger partial charge in [0.2, 0.25) is 11.8 Å². The number of rotatable bonds is 15. The van der Waals surface area contributed by atoms with Gasteiger partial charge in [0.25, 0.3) is 0 Å². The third-order valence-electron chi connectivity index (χ3n) is 5.10. The number of carbonyl (C=O) groups excluding carboxylic acids is 2. The molecule has 0 saturated carbocycles. The molecular formula is C26H34N4O4. The van der Waals surface area contributed by atoms with E-state index in [1.54, 1.807) is 26.6 Å².